The molecule has 0 bridgehead atoms. The van der Waals surface area contributed by atoms with E-state index in [0.717, 1.165) is 0 Å². The summed E-state index contributed by atoms with van der Waals surface area (Å²) in [5.74, 6) is -6.92. The number of hydrogen-bond donors (Lipinski definition) is 6. The van der Waals surface area contributed by atoms with Crippen LogP contribution in [0.25, 0.3) is 0 Å². The third-order valence-electron chi connectivity index (χ3n) is 9.04. The van der Waals surface area contributed by atoms with Crippen molar-refractivity contribution in [2.75, 3.05) is 93.5 Å². The largest absolute Gasteiger partial charge is 0.463 e. The minimum Gasteiger partial charge on any atom is -0.463 e. The van der Waals surface area contributed by atoms with Gasteiger partial charge in [0.15, 0.2) is 0 Å². The molecule has 0 radical (unpaired) electrons. The highest BCUT2D eigenvalue weighted by atomic mass is 16.6. The van der Waals surface area contributed by atoms with E-state index < -0.39 is 94.2 Å². The predicted octanol–water partition coefficient (Wildman–Crippen LogP) is -0.877. The molecular formula is C44H78N6O18. The number of carbonyl (C=O) groups excluding carboxylic acids is 9. The van der Waals surface area contributed by atoms with Crippen LogP contribution in [-0.2, 0) is 85.8 Å². The molecule has 0 saturated carbocycles. The van der Waals surface area contributed by atoms with E-state index in [0.29, 0.717) is 39.6 Å². The average Bonchev–Trinajstić information content (AvgIpc) is 3.23. The zero-order valence-corrected chi connectivity index (χ0v) is 42.0. The van der Waals surface area contributed by atoms with E-state index in [1.165, 1.54) is 48.5 Å². The Morgan fingerprint density at radius 1 is 0.456 bits per heavy atom. The van der Waals surface area contributed by atoms with Crippen LogP contribution in [0.2, 0.25) is 0 Å². The van der Waals surface area contributed by atoms with Gasteiger partial charge in [0.05, 0.1) is 66.1 Å². The van der Waals surface area contributed by atoms with Crippen molar-refractivity contribution in [2.24, 2.45) is 0 Å². The summed E-state index contributed by atoms with van der Waals surface area (Å²) in [6, 6.07) is -5.30. The van der Waals surface area contributed by atoms with Gasteiger partial charge in [0.2, 0.25) is 35.4 Å². The van der Waals surface area contributed by atoms with Gasteiger partial charge in [-0.1, -0.05) is 0 Å². The van der Waals surface area contributed by atoms with Crippen LogP contribution >= 0.6 is 0 Å². The fourth-order valence-corrected chi connectivity index (χ4v) is 5.35. The molecular weight excluding hydrogens is 901 g/mol. The maximum Gasteiger partial charge on any atom is 0.328 e. The topological polar surface area (TPSA) is 309 Å². The minimum atomic E-state index is -1.75. The molecule has 0 rings (SSSR count). The van der Waals surface area contributed by atoms with Gasteiger partial charge in [0.1, 0.15) is 54.1 Å². The molecule has 24 nitrogen and oxygen atoms in total. The number of esters is 3. The second-order valence-corrected chi connectivity index (χ2v) is 17.4. The third kappa shape index (κ3) is 29.7. The number of hydrogen-bond acceptors (Lipinski definition) is 18. The van der Waals surface area contributed by atoms with Crippen LogP contribution in [0, 0.1) is 0 Å². The summed E-state index contributed by atoms with van der Waals surface area (Å²) >= 11 is 0. The van der Waals surface area contributed by atoms with Crippen LogP contribution < -0.4 is 31.9 Å². The quantitative estimate of drug-likeness (QED) is 0.0252. The zero-order valence-electron chi connectivity index (χ0n) is 42.0. The monoisotopic (exact) mass is 979 g/mol. The number of ether oxygens (including phenoxy) is 9. The predicted molar refractivity (Wildman–Crippen MR) is 242 cm³/mol. The van der Waals surface area contributed by atoms with Crippen LogP contribution in [0.3, 0.4) is 0 Å². The van der Waals surface area contributed by atoms with Crippen molar-refractivity contribution in [3.05, 3.63) is 0 Å². The molecule has 68 heavy (non-hydrogen) atoms. The summed E-state index contributed by atoms with van der Waals surface area (Å²) < 4.78 is 46.8. The molecule has 0 aromatic heterocycles. The molecule has 0 aliphatic carbocycles. The summed E-state index contributed by atoms with van der Waals surface area (Å²) in [6.45, 7) is 17.1. The Morgan fingerprint density at radius 3 is 1.18 bits per heavy atom. The van der Waals surface area contributed by atoms with E-state index >= 15 is 0 Å². The molecule has 0 heterocycles. The highest BCUT2D eigenvalue weighted by molar-refractivity contribution is 5.98. The summed E-state index contributed by atoms with van der Waals surface area (Å²) in [5.41, 5.74) is -4.09. The maximum absolute atomic E-state index is 13.7. The molecule has 0 saturated heterocycles. The second kappa shape index (κ2) is 33.5. The van der Waals surface area contributed by atoms with Crippen LogP contribution in [0.4, 0.5) is 0 Å². The standard InChI is InChI=1S/C44H78N6O18/c1-29(45-37(55)32(47-40(58)43(7,8)49-31(3)51)13-15-34(52)66-27-25-64-23-21-62-19-17-60-11)36(54)50-44(9,10)41(59)48-33(38(56)46-30(2)39(57)68-42(4,5)6)14-16-35(53)67-28-26-65-24-22-63-20-18-61-12/h29-30,32-33H,13-28H2,1-12H3,(H,45,55)(H,46,56)(H,47,58)(H,48,59)(H,49,51)(H,50,54)/t29-,30-,32-,33-/m0/s1. The van der Waals surface area contributed by atoms with Crippen molar-refractivity contribution in [2.45, 2.75) is 136 Å². The normalized spacial score (nSPS) is 13.4. The van der Waals surface area contributed by atoms with Gasteiger partial charge in [0.25, 0.3) is 0 Å². The first kappa shape index (κ1) is 63.0. The molecule has 0 unspecified atom stereocenters. The van der Waals surface area contributed by atoms with E-state index in [-0.39, 0.29) is 65.3 Å². The molecule has 0 aromatic rings. The summed E-state index contributed by atoms with van der Waals surface area (Å²) in [6.07, 6.45) is -1.23. The lowest BCUT2D eigenvalue weighted by Crippen LogP contribution is -2.63. The Morgan fingerprint density at radius 2 is 0.809 bits per heavy atom. The van der Waals surface area contributed by atoms with Gasteiger partial charge >= 0.3 is 17.9 Å². The Kier molecular flexibility index (Phi) is 31.0. The Balaban J connectivity index is 5.80. The Bertz CT molecular complexity index is 1600. The van der Waals surface area contributed by atoms with Crippen molar-refractivity contribution < 1.29 is 85.8 Å². The van der Waals surface area contributed by atoms with Crippen molar-refractivity contribution in [1.82, 2.24) is 31.9 Å². The molecule has 0 aliphatic rings. The Hall–Kier alpha value is -5.01. The molecule has 6 amide bonds. The maximum atomic E-state index is 13.7. The van der Waals surface area contributed by atoms with Gasteiger partial charge in [-0.25, -0.2) is 4.79 Å². The molecule has 6 N–H and O–H groups in total. The fourth-order valence-electron chi connectivity index (χ4n) is 5.35. The highest BCUT2D eigenvalue weighted by Crippen LogP contribution is 2.12. The first-order valence-electron chi connectivity index (χ1n) is 22.4. The molecule has 392 valence electrons. The lowest BCUT2D eigenvalue weighted by molar-refractivity contribution is -0.158. The van der Waals surface area contributed by atoms with E-state index in [4.69, 9.17) is 42.6 Å². The molecule has 0 fully saturated rings. The minimum absolute atomic E-state index is 0.0746. The summed E-state index contributed by atoms with van der Waals surface area (Å²) in [4.78, 5) is 117. The van der Waals surface area contributed by atoms with Crippen molar-refractivity contribution >= 4 is 53.4 Å². The van der Waals surface area contributed by atoms with Gasteiger partial charge in [-0.2, -0.15) is 0 Å². The van der Waals surface area contributed by atoms with Crippen molar-refractivity contribution in [1.29, 1.82) is 0 Å². The first-order valence-corrected chi connectivity index (χ1v) is 22.4. The highest BCUT2D eigenvalue weighted by Gasteiger charge is 2.37. The smallest absolute Gasteiger partial charge is 0.328 e. The first-order chi connectivity index (χ1) is 31.8. The average molecular weight is 979 g/mol. The SMILES string of the molecule is COCCOCCOCCOC(=O)CC[C@H](NC(=O)C(C)(C)NC(C)=O)C(=O)N[C@@H](C)C(=O)NC(C)(C)C(=O)N[C@@H](CCC(=O)OCCOCCOCCOC)C(=O)N[C@@H](C)C(=O)OC(C)(C)C. The zero-order chi connectivity index (χ0) is 51.9. The van der Waals surface area contributed by atoms with Crippen molar-refractivity contribution in [3.63, 3.8) is 0 Å². The molecule has 0 aromatic carbocycles. The van der Waals surface area contributed by atoms with Crippen LogP contribution in [-0.4, -0.2) is 188 Å². The van der Waals surface area contributed by atoms with E-state index in [1.54, 1.807) is 35.0 Å². The molecule has 0 aliphatic heterocycles. The summed E-state index contributed by atoms with van der Waals surface area (Å²) in [5, 5.41) is 15.0. The van der Waals surface area contributed by atoms with Crippen molar-refractivity contribution in [3.8, 4) is 0 Å². The lowest BCUT2D eigenvalue weighted by atomic mass is 10.0. The van der Waals surface area contributed by atoms with E-state index in [1.807, 2.05) is 0 Å². The third-order valence-corrected chi connectivity index (χ3v) is 9.04. The number of amides is 6. The molecule has 24 heteroatoms. The number of methoxy groups -OCH3 is 2. The number of rotatable bonds is 36. The second-order valence-electron chi connectivity index (χ2n) is 17.4. The van der Waals surface area contributed by atoms with Gasteiger partial charge in [0, 0.05) is 34.0 Å². The van der Waals surface area contributed by atoms with Gasteiger partial charge < -0.3 is 74.5 Å². The fraction of sp³-hybridized carbons (Fsp3) is 0.795. The van der Waals surface area contributed by atoms with Gasteiger partial charge in [-0.15, -0.1) is 0 Å². The number of carbonyl (C=O) groups is 9. The Labute approximate surface area is 399 Å². The number of nitrogens with one attached hydrogen (secondary N) is 6. The summed E-state index contributed by atoms with van der Waals surface area (Å²) in [7, 11) is 3.10. The lowest BCUT2D eigenvalue weighted by Gasteiger charge is -2.30. The van der Waals surface area contributed by atoms with Crippen LogP contribution in [0.5, 0.6) is 0 Å². The van der Waals surface area contributed by atoms with Crippen LogP contribution in [0.1, 0.15) is 94.9 Å². The molecule has 4 atom stereocenters. The van der Waals surface area contributed by atoms with E-state index in [9.17, 15) is 43.2 Å². The molecule has 0 spiro atoms. The van der Waals surface area contributed by atoms with E-state index in [2.05, 4.69) is 31.9 Å². The van der Waals surface area contributed by atoms with Crippen LogP contribution in [0.15, 0.2) is 0 Å². The van der Waals surface area contributed by atoms with Gasteiger partial charge in [-0.3, -0.25) is 38.4 Å². The van der Waals surface area contributed by atoms with Gasteiger partial charge in [-0.05, 0) is 75.2 Å².